The van der Waals surface area contributed by atoms with Gasteiger partial charge in [0.1, 0.15) is 6.54 Å². The fourth-order valence-corrected chi connectivity index (χ4v) is 6.23. The molecule has 1 aromatic heterocycles. The molecule has 1 saturated heterocycles. The standard InChI is InChI=1S/C18H31N3O2S/c1-14-18(12-20(3)11-16-7-5-4-6-8-16)15(2)21(19-14)17-9-10-24(22,23)13-17/h16-17H,4-13H2,1-3H3/p+1/t17-/m0/s1. The van der Waals surface area contributed by atoms with E-state index >= 15 is 0 Å². The maximum Gasteiger partial charge on any atom is 0.152 e. The zero-order valence-electron chi connectivity index (χ0n) is 15.3. The normalized spacial score (nSPS) is 25.9. The van der Waals surface area contributed by atoms with Gasteiger partial charge in [0.2, 0.25) is 0 Å². The summed E-state index contributed by atoms with van der Waals surface area (Å²) < 4.78 is 25.5. The number of hydrogen-bond donors (Lipinski definition) is 1. The van der Waals surface area contributed by atoms with Crippen molar-refractivity contribution in [1.29, 1.82) is 0 Å². The van der Waals surface area contributed by atoms with Gasteiger partial charge in [0.05, 0.1) is 42.4 Å². The van der Waals surface area contributed by atoms with Crippen molar-refractivity contribution in [1.82, 2.24) is 9.78 Å². The van der Waals surface area contributed by atoms with Gasteiger partial charge in [-0.25, -0.2) is 8.42 Å². The Balaban J connectivity index is 1.67. The molecule has 1 aliphatic heterocycles. The Morgan fingerprint density at radius 2 is 1.88 bits per heavy atom. The number of nitrogens with zero attached hydrogens (tertiary/aromatic N) is 2. The molecule has 1 saturated carbocycles. The molecule has 1 aliphatic carbocycles. The van der Waals surface area contributed by atoms with Crippen molar-refractivity contribution >= 4 is 9.84 Å². The minimum Gasteiger partial charge on any atom is -0.333 e. The first-order chi connectivity index (χ1) is 11.4. The topological polar surface area (TPSA) is 56.4 Å². The van der Waals surface area contributed by atoms with Crippen molar-refractivity contribution in [2.75, 3.05) is 25.1 Å². The summed E-state index contributed by atoms with van der Waals surface area (Å²) in [7, 11) is -0.590. The molecule has 24 heavy (non-hydrogen) atoms. The van der Waals surface area contributed by atoms with Crippen molar-refractivity contribution in [3.05, 3.63) is 17.0 Å². The second-order valence-electron chi connectivity index (χ2n) is 7.99. The monoisotopic (exact) mass is 354 g/mol. The molecule has 6 heteroatoms. The molecule has 2 heterocycles. The smallest absolute Gasteiger partial charge is 0.152 e. The van der Waals surface area contributed by atoms with Gasteiger partial charge in [-0.2, -0.15) is 5.10 Å². The molecule has 0 spiro atoms. The largest absolute Gasteiger partial charge is 0.333 e. The highest BCUT2D eigenvalue weighted by Gasteiger charge is 2.32. The highest BCUT2D eigenvalue weighted by atomic mass is 32.2. The van der Waals surface area contributed by atoms with Crippen molar-refractivity contribution in [3.8, 4) is 0 Å². The van der Waals surface area contributed by atoms with Crippen molar-refractivity contribution in [2.45, 2.75) is 65.0 Å². The maximum absolute atomic E-state index is 11.8. The van der Waals surface area contributed by atoms with E-state index in [0.717, 1.165) is 23.9 Å². The molecule has 2 aliphatic rings. The molecule has 0 radical (unpaired) electrons. The molecular formula is C18H32N3O2S+. The van der Waals surface area contributed by atoms with Crippen LogP contribution in [0.4, 0.5) is 0 Å². The summed E-state index contributed by atoms with van der Waals surface area (Å²) in [5.41, 5.74) is 3.55. The van der Waals surface area contributed by atoms with E-state index in [-0.39, 0.29) is 11.8 Å². The zero-order valence-corrected chi connectivity index (χ0v) is 16.2. The Morgan fingerprint density at radius 1 is 1.17 bits per heavy atom. The van der Waals surface area contributed by atoms with Crippen LogP contribution in [0.5, 0.6) is 0 Å². The number of sulfone groups is 1. The van der Waals surface area contributed by atoms with Crippen molar-refractivity contribution in [3.63, 3.8) is 0 Å². The molecule has 0 aromatic carbocycles. The molecular weight excluding hydrogens is 322 g/mol. The van der Waals surface area contributed by atoms with E-state index in [0.29, 0.717) is 12.2 Å². The van der Waals surface area contributed by atoms with Crippen LogP contribution in [0.3, 0.4) is 0 Å². The summed E-state index contributed by atoms with van der Waals surface area (Å²) in [6.45, 7) is 6.40. The molecule has 136 valence electrons. The number of aromatic nitrogens is 2. The average Bonchev–Trinajstić information content (AvgIpc) is 3.02. The first-order valence-corrected chi connectivity index (χ1v) is 11.2. The maximum atomic E-state index is 11.8. The quantitative estimate of drug-likeness (QED) is 0.871. The predicted octanol–water partition coefficient (Wildman–Crippen LogP) is 1.45. The molecule has 0 amide bonds. The van der Waals surface area contributed by atoms with Crippen LogP contribution in [0, 0.1) is 19.8 Å². The number of rotatable bonds is 5. The molecule has 1 unspecified atom stereocenters. The van der Waals surface area contributed by atoms with Crippen LogP contribution in [0.25, 0.3) is 0 Å². The van der Waals surface area contributed by atoms with Crippen LogP contribution in [0.15, 0.2) is 0 Å². The van der Waals surface area contributed by atoms with Gasteiger partial charge in [0, 0.05) is 11.6 Å². The van der Waals surface area contributed by atoms with Crippen LogP contribution >= 0.6 is 0 Å². The molecule has 2 fully saturated rings. The van der Waals surface area contributed by atoms with Gasteiger partial charge in [0.15, 0.2) is 9.84 Å². The minimum absolute atomic E-state index is 0.0288. The molecule has 1 N–H and O–H groups in total. The number of aryl methyl sites for hydroxylation is 1. The van der Waals surface area contributed by atoms with Gasteiger partial charge in [0.25, 0.3) is 0 Å². The van der Waals surface area contributed by atoms with E-state index in [1.54, 1.807) is 4.90 Å². The lowest BCUT2D eigenvalue weighted by Gasteiger charge is -2.24. The number of nitrogens with one attached hydrogen (secondary N) is 1. The Kier molecular flexibility index (Phi) is 5.35. The molecule has 1 aromatic rings. The molecule has 2 atom stereocenters. The van der Waals surface area contributed by atoms with Crippen LogP contribution in [-0.2, 0) is 16.4 Å². The number of hydrogen-bond acceptors (Lipinski definition) is 3. The fraction of sp³-hybridized carbons (Fsp3) is 0.833. The summed E-state index contributed by atoms with van der Waals surface area (Å²) in [4.78, 5) is 1.55. The lowest BCUT2D eigenvalue weighted by molar-refractivity contribution is -0.897. The van der Waals surface area contributed by atoms with Gasteiger partial charge < -0.3 is 4.90 Å². The first-order valence-electron chi connectivity index (χ1n) is 9.42. The second kappa shape index (κ2) is 7.16. The summed E-state index contributed by atoms with van der Waals surface area (Å²) in [5, 5.41) is 4.70. The van der Waals surface area contributed by atoms with E-state index in [1.807, 2.05) is 4.68 Å². The van der Waals surface area contributed by atoms with Gasteiger partial charge in [-0.1, -0.05) is 19.3 Å². The second-order valence-corrected chi connectivity index (χ2v) is 10.2. The first kappa shape index (κ1) is 17.9. The highest BCUT2D eigenvalue weighted by Crippen LogP contribution is 2.26. The Bertz CT molecular complexity index is 675. The summed E-state index contributed by atoms with van der Waals surface area (Å²) in [6.07, 6.45) is 7.66. The van der Waals surface area contributed by atoms with E-state index in [9.17, 15) is 8.42 Å². The van der Waals surface area contributed by atoms with Crippen LogP contribution in [0.2, 0.25) is 0 Å². The van der Waals surface area contributed by atoms with E-state index in [1.165, 1.54) is 44.2 Å². The third-order valence-electron chi connectivity index (χ3n) is 5.87. The summed E-state index contributed by atoms with van der Waals surface area (Å²) in [6, 6.07) is 0.0288. The molecule has 0 bridgehead atoms. The van der Waals surface area contributed by atoms with Crippen LogP contribution < -0.4 is 4.90 Å². The molecule has 3 rings (SSSR count). The molecule has 5 nitrogen and oxygen atoms in total. The predicted molar refractivity (Wildman–Crippen MR) is 96.0 cm³/mol. The van der Waals surface area contributed by atoms with Gasteiger partial charge in [-0.3, -0.25) is 4.68 Å². The Morgan fingerprint density at radius 3 is 2.50 bits per heavy atom. The Labute approximate surface area is 146 Å². The summed E-state index contributed by atoms with van der Waals surface area (Å²) in [5.74, 6) is 1.42. The third kappa shape index (κ3) is 4.02. The minimum atomic E-state index is -2.87. The van der Waals surface area contributed by atoms with Gasteiger partial charge in [-0.05, 0) is 33.1 Å². The zero-order chi connectivity index (χ0) is 17.3. The fourth-order valence-electron chi connectivity index (χ4n) is 4.53. The van der Waals surface area contributed by atoms with Crippen LogP contribution in [0.1, 0.15) is 61.5 Å². The lowest BCUT2D eigenvalue weighted by atomic mass is 9.89. The van der Waals surface area contributed by atoms with E-state index < -0.39 is 9.84 Å². The summed E-state index contributed by atoms with van der Waals surface area (Å²) >= 11 is 0. The Hall–Kier alpha value is -0.880. The third-order valence-corrected chi connectivity index (χ3v) is 7.62. The SMILES string of the molecule is Cc1nn([C@H]2CCS(=O)(=O)C2)c(C)c1C[NH+](C)CC1CCCCC1. The van der Waals surface area contributed by atoms with E-state index in [2.05, 4.69) is 20.9 Å². The van der Waals surface area contributed by atoms with Crippen LogP contribution in [-0.4, -0.2) is 43.3 Å². The lowest BCUT2D eigenvalue weighted by Crippen LogP contribution is -3.08. The van der Waals surface area contributed by atoms with Crippen molar-refractivity contribution < 1.29 is 13.3 Å². The highest BCUT2D eigenvalue weighted by molar-refractivity contribution is 7.91. The van der Waals surface area contributed by atoms with Crippen molar-refractivity contribution in [2.24, 2.45) is 5.92 Å². The van der Waals surface area contributed by atoms with E-state index in [4.69, 9.17) is 5.10 Å². The van der Waals surface area contributed by atoms with Gasteiger partial charge in [-0.15, -0.1) is 0 Å². The number of quaternary nitrogens is 1. The average molecular weight is 355 g/mol. The van der Waals surface area contributed by atoms with Gasteiger partial charge >= 0.3 is 0 Å².